The topological polar surface area (TPSA) is 122 Å². The van der Waals surface area contributed by atoms with Crippen molar-refractivity contribution < 1.29 is 23.9 Å². The van der Waals surface area contributed by atoms with Gasteiger partial charge in [-0.15, -0.1) is 0 Å². The highest BCUT2D eigenvalue weighted by atomic mass is 32.1. The number of carbonyl (C=O) groups is 1. The summed E-state index contributed by atoms with van der Waals surface area (Å²) in [7, 11) is 3.03. The third-order valence-corrected chi connectivity index (χ3v) is 6.97. The van der Waals surface area contributed by atoms with Crippen molar-refractivity contribution in [3.05, 3.63) is 94.2 Å². The lowest BCUT2D eigenvalue weighted by Gasteiger charge is -2.24. The molecule has 0 N–H and O–H groups in total. The molecule has 0 spiro atoms. The molecule has 37 heavy (non-hydrogen) atoms. The molecule has 0 aliphatic carbocycles. The molecule has 3 aromatic rings. The SMILES string of the molecule is CCOC(=O)C1=C(C)N=c2s/c(=C/c3cccc(OC)c3OC)c(=O)n2[C@H]1c1ccc(C)c([N+](=O)[O-])c1. The standard InChI is InChI=1S/C26H25N3O7S/c1-6-36-25(31)21-15(3)27-26-28(22(21)16-11-10-14(2)18(12-16)29(32)33)24(30)20(37-26)13-17-8-7-9-19(34-4)23(17)35-5/h7-13,22H,6H2,1-5H3/b20-13+/t22-/m0/s1. The Kier molecular flexibility index (Phi) is 7.25. The number of allylic oxidation sites excluding steroid dienone is 1. The van der Waals surface area contributed by atoms with Gasteiger partial charge in [0.2, 0.25) is 0 Å². The second-order valence-electron chi connectivity index (χ2n) is 8.19. The number of esters is 1. The van der Waals surface area contributed by atoms with E-state index in [4.69, 9.17) is 14.2 Å². The van der Waals surface area contributed by atoms with Crippen LogP contribution in [0.15, 0.2) is 57.5 Å². The largest absolute Gasteiger partial charge is 0.493 e. The number of aromatic nitrogens is 1. The number of aryl methyl sites for hydroxylation is 1. The zero-order chi connectivity index (χ0) is 26.9. The second kappa shape index (κ2) is 10.4. The molecule has 0 saturated carbocycles. The van der Waals surface area contributed by atoms with Crippen molar-refractivity contribution in [2.45, 2.75) is 26.8 Å². The monoisotopic (exact) mass is 523 g/mol. The van der Waals surface area contributed by atoms with Gasteiger partial charge in [0.25, 0.3) is 11.2 Å². The number of rotatable bonds is 7. The molecule has 11 heteroatoms. The molecule has 1 aliphatic heterocycles. The van der Waals surface area contributed by atoms with Crippen LogP contribution in [-0.4, -0.2) is 36.3 Å². The first kappa shape index (κ1) is 25.8. The summed E-state index contributed by atoms with van der Waals surface area (Å²) in [5, 5.41) is 11.7. The van der Waals surface area contributed by atoms with Gasteiger partial charge < -0.3 is 14.2 Å². The Labute approximate surface area is 215 Å². The molecule has 1 aliphatic rings. The summed E-state index contributed by atoms with van der Waals surface area (Å²) < 4.78 is 17.9. The number of fused-ring (bicyclic) bond motifs is 1. The van der Waals surface area contributed by atoms with Crippen LogP contribution in [-0.2, 0) is 9.53 Å². The van der Waals surface area contributed by atoms with E-state index in [1.165, 1.54) is 24.9 Å². The number of benzene rings is 2. The zero-order valence-corrected chi connectivity index (χ0v) is 21.8. The summed E-state index contributed by atoms with van der Waals surface area (Å²) in [6.07, 6.45) is 1.67. The number of ether oxygens (including phenoxy) is 3. The van der Waals surface area contributed by atoms with Gasteiger partial charge in [0, 0.05) is 17.2 Å². The van der Waals surface area contributed by atoms with Crippen LogP contribution < -0.4 is 24.4 Å². The summed E-state index contributed by atoms with van der Waals surface area (Å²) in [4.78, 5) is 42.9. The van der Waals surface area contributed by atoms with Gasteiger partial charge in [0.15, 0.2) is 16.3 Å². The van der Waals surface area contributed by atoms with E-state index in [0.29, 0.717) is 43.2 Å². The third kappa shape index (κ3) is 4.65. The van der Waals surface area contributed by atoms with Gasteiger partial charge in [-0.2, -0.15) is 0 Å². The molecule has 192 valence electrons. The summed E-state index contributed by atoms with van der Waals surface area (Å²) in [6, 6.07) is 9.02. The number of hydrogen-bond acceptors (Lipinski definition) is 9. The highest BCUT2D eigenvalue weighted by molar-refractivity contribution is 7.07. The summed E-state index contributed by atoms with van der Waals surface area (Å²) in [5.74, 6) is 0.333. The number of nitro benzene ring substituents is 1. The maximum Gasteiger partial charge on any atom is 0.338 e. The van der Waals surface area contributed by atoms with Gasteiger partial charge in [-0.05, 0) is 38.5 Å². The quantitative estimate of drug-likeness (QED) is 0.265. The van der Waals surface area contributed by atoms with E-state index in [2.05, 4.69) is 4.99 Å². The number of thiazole rings is 1. The minimum Gasteiger partial charge on any atom is -0.493 e. The number of carbonyl (C=O) groups excluding carboxylic acids is 1. The van der Waals surface area contributed by atoms with Crippen LogP contribution in [0.1, 0.15) is 36.6 Å². The van der Waals surface area contributed by atoms with E-state index < -0.39 is 22.5 Å². The Bertz CT molecular complexity index is 1620. The van der Waals surface area contributed by atoms with Crippen LogP contribution in [0, 0.1) is 17.0 Å². The van der Waals surface area contributed by atoms with Crippen molar-refractivity contribution in [3.63, 3.8) is 0 Å². The minimum atomic E-state index is -0.955. The van der Waals surface area contributed by atoms with E-state index in [-0.39, 0.29) is 17.9 Å². The Hall–Kier alpha value is -4.25. The van der Waals surface area contributed by atoms with Crippen LogP contribution in [0.5, 0.6) is 11.5 Å². The lowest BCUT2D eigenvalue weighted by Crippen LogP contribution is -2.40. The van der Waals surface area contributed by atoms with Gasteiger partial charge in [-0.25, -0.2) is 9.79 Å². The van der Waals surface area contributed by atoms with Crippen molar-refractivity contribution in [2.24, 2.45) is 4.99 Å². The van der Waals surface area contributed by atoms with Crippen LogP contribution in [0.4, 0.5) is 5.69 Å². The second-order valence-corrected chi connectivity index (χ2v) is 9.20. The lowest BCUT2D eigenvalue weighted by molar-refractivity contribution is -0.385. The Balaban J connectivity index is 2.01. The fraction of sp³-hybridized carbons (Fsp3) is 0.269. The number of nitrogens with zero attached hydrogens (tertiary/aromatic N) is 3. The minimum absolute atomic E-state index is 0.112. The van der Waals surface area contributed by atoms with E-state index >= 15 is 0 Å². The predicted molar refractivity (Wildman–Crippen MR) is 138 cm³/mol. The first-order valence-corrected chi connectivity index (χ1v) is 12.2. The van der Waals surface area contributed by atoms with E-state index in [1.54, 1.807) is 57.2 Å². The molecular weight excluding hydrogens is 498 g/mol. The van der Waals surface area contributed by atoms with Crippen molar-refractivity contribution >= 4 is 29.1 Å². The van der Waals surface area contributed by atoms with Crippen LogP contribution in [0.2, 0.25) is 0 Å². The molecule has 0 amide bonds. The summed E-state index contributed by atoms with van der Waals surface area (Å²) >= 11 is 1.14. The molecule has 0 bridgehead atoms. The van der Waals surface area contributed by atoms with E-state index in [9.17, 15) is 19.7 Å². The number of para-hydroxylation sites is 1. The van der Waals surface area contributed by atoms with Crippen molar-refractivity contribution in [1.29, 1.82) is 0 Å². The van der Waals surface area contributed by atoms with Gasteiger partial charge in [0.05, 0.1) is 47.6 Å². The summed E-state index contributed by atoms with van der Waals surface area (Å²) in [5.41, 5.74) is 1.49. The Morgan fingerprint density at radius 3 is 2.62 bits per heavy atom. The molecule has 10 nitrogen and oxygen atoms in total. The summed E-state index contributed by atoms with van der Waals surface area (Å²) in [6.45, 7) is 5.08. The first-order chi connectivity index (χ1) is 17.7. The number of hydrogen-bond donors (Lipinski definition) is 0. The van der Waals surface area contributed by atoms with E-state index in [0.717, 1.165) is 11.3 Å². The molecule has 1 atom stereocenters. The average Bonchev–Trinajstić information content (AvgIpc) is 3.17. The number of nitro groups is 1. The zero-order valence-electron chi connectivity index (χ0n) is 20.9. The Morgan fingerprint density at radius 1 is 1.22 bits per heavy atom. The molecule has 2 aromatic carbocycles. The fourth-order valence-electron chi connectivity index (χ4n) is 4.27. The third-order valence-electron chi connectivity index (χ3n) is 5.98. The number of methoxy groups -OCH3 is 2. The predicted octanol–water partition coefficient (Wildman–Crippen LogP) is 3.03. The van der Waals surface area contributed by atoms with Crippen molar-refractivity contribution in [1.82, 2.24) is 4.57 Å². The van der Waals surface area contributed by atoms with Crippen LogP contribution >= 0.6 is 11.3 Å². The van der Waals surface area contributed by atoms with E-state index in [1.807, 2.05) is 0 Å². The molecule has 0 unspecified atom stereocenters. The van der Waals surface area contributed by atoms with Gasteiger partial charge in [0.1, 0.15) is 0 Å². The Morgan fingerprint density at radius 2 is 1.97 bits per heavy atom. The molecule has 0 saturated heterocycles. The maximum atomic E-state index is 13.8. The van der Waals surface area contributed by atoms with Gasteiger partial charge in [-0.3, -0.25) is 19.5 Å². The van der Waals surface area contributed by atoms with Gasteiger partial charge >= 0.3 is 5.97 Å². The molecular formula is C26H25N3O7S. The molecule has 1 aromatic heterocycles. The molecule has 0 fully saturated rings. The molecule has 4 rings (SSSR count). The fourth-order valence-corrected chi connectivity index (χ4v) is 5.30. The molecule has 0 radical (unpaired) electrons. The van der Waals surface area contributed by atoms with Crippen LogP contribution in [0.3, 0.4) is 0 Å². The maximum absolute atomic E-state index is 13.8. The van der Waals surface area contributed by atoms with Crippen molar-refractivity contribution in [3.8, 4) is 11.5 Å². The van der Waals surface area contributed by atoms with Gasteiger partial charge in [-0.1, -0.05) is 35.6 Å². The highest BCUT2D eigenvalue weighted by Gasteiger charge is 2.34. The molecule has 2 heterocycles. The normalized spacial score (nSPS) is 15.2. The highest BCUT2D eigenvalue weighted by Crippen LogP contribution is 2.34. The van der Waals surface area contributed by atoms with Crippen LogP contribution in [0.25, 0.3) is 6.08 Å². The lowest BCUT2D eigenvalue weighted by atomic mass is 9.94. The average molecular weight is 524 g/mol. The smallest absolute Gasteiger partial charge is 0.338 e. The van der Waals surface area contributed by atoms with Crippen molar-refractivity contribution in [2.75, 3.05) is 20.8 Å². The first-order valence-electron chi connectivity index (χ1n) is 11.4.